The molecule has 0 aliphatic heterocycles. The molecular formula is C22H28N2O2Se2. The molecule has 0 saturated heterocycles. The van der Waals surface area contributed by atoms with Crippen molar-refractivity contribution in [1.82, 2.24) is 10.6 Å². The van der Waals surface area contributed by atoms with Crippen LogP contribution in [0.3, 0.4) is 0 Å². The van der Waals surface area contributed by atoms with Crippen LogP contribution in [0, 0.1) is 0 Å². The molecule has 0 spiro atoms. The molecule has 2 N–H and O–H groups in total. The van der Waals surface area contributed by atoms with E-state index >= 15 is 0 Å². The number of hydrogen-bond donors (Lipinski definition) is 2. The third-order valence-corrected chi connectivity index (χ3v) is 10.4. The summed E-state index contributed by atoms with van der Waals surface area (Å²) in [5.41, 5.74) is 2.46. The fourth-order valence-corrected chi connectivity index (χ4v) is 8.16. The summed E-state index contributed by atoms with van der Waals surface area (Å²) >= 11 is 0.424. The molecule has 0 heterocycles. The Bertz CT molecular complexity index is 662. The molecule has 0 bridgehead atoms. The summed E-state index contributed by atoms with van der Waals surface area (Å²) in [5.74, 6) is 0.200. The molecule has 0 fully saturated rings. The number of amides is 2. The Labute approximate surface area is 179 Å². The van der Waals surface area contributed by atoms with Gasteiger partial charge in [0.2, 0.25) is 0 Å². The van der Waals surface area contributed by atoms with Crippen molar-refractivity contribution in [3.05, 3.63) is 71.8 Å². The zero-order valence-corrected chi connectivity index (χ0v) is 19.8. The van der Waals surface area contributed by atoms with Gasteiger partial charge in [-0.05, 0) is 0 Å². The Morgan fingerprint density at radius 3 is 1.43 bits per heavy atom. The first-order chi connectivity index (χ1) is 13.5. The average Bonchev–Trinajstić information content (AvgIpc) is 2.66. The first-order valence-corrected chi connectivity index (χ1v) is 16.2. The molecule has 150 valence electrons. The summed E-state index contributed by atoms with van der Waals surface area (Å²) in [5, 5.41) is 7.23. The van der Waals surface area contributed by atoms with Crippen molar-refractivity contribution in [3.63, 3.8) is 0 Å². The standard InChI is InChI=1S/C22H28N2O2Se2/c1-17(13-19-9-5-3-6-10-19)23-21(25)15-27-28-16-22(26)24-18(2)14-20-11-7-4-8-12-20/h3-12,17-18H,13-16H2,1-2H3,(H,23,25)(H,24,26). The monoisotopic (exact) mass is 512 g/mol. The molecule has 0 radical (unpaired) electrons. The van der Waals surface area contributed by atoms with Crippen molar-refractivity contribution in [3.8, 4) is 0 Å². The molecule has 2 atom stereocenters. The molecule has 0 aliphatic carbocycles. The van der Waals surface area contributed by atoms with Gasteiger partial charge in [-0.25, -0.2) is 0 Å². The third-order valence-electron chi connectivity index (χ3n) is 4.05. The first kappa shape index (κ1) is 22.7. The van der Waals surface area contributed by atoms with E-state index in [1.54, 1.807) is 0 Å². The van der Waals surface area contributed by atoms with E-state index in [1.165, 1.54) is 11.1 Å². The molecule has 0 aromatic heterocycles. The van der Waals surface area contributed by atoms with Gasteiger partial charge in [0.05, 0.1) is 0 Å². The van der Waals surface area contributed by atoms with Crippen molar-refractivity contribution < 1.29 is 9.59 Å². The van der Waals surface area contributed by atoms with Crippen LogP contribution >= 0.6 is 0 Å². The summed E-state index contributed by atoms with van der Waals surface area (Å²) in [6.07, 6.45) is 1.68. The van der Waals surface area contributed by atoms with Gasteiger partial charge in [0.25, 0.3) is 0 Å². The summed E-state index contributed by atoms with van der Waals surface area (Å²) in [6.45, 7) is 4.06. The average molecular weight is 510 g/mol. The van der Waals surface area contributed by atoms with E-state index in [4.69, 9.17) is 0 Å². The second-order valence-corrected chi connectivity index (χ2v) is 14.2. The van der Waals surface area contributed by atoms with Gasteiger partial charge in [-0.3, -0.25) is 0 Å². The van der Waals surface area contributed by atoms with Crippen molar-refractivity contribution >= 4 is 38.1 Å². The predicted octanol–water partition coefficient (Wildman–Crippen LogP) is 2.64. The van der Waals surface area contributed by atoms with Gasteiger partial charge in [-0.15, -0.1) is 0 Å². The number of rotatable bonds is 11. The minimum atomic E-state index is 0.100. The predicted molar refractivity (Wildman–Crippen MR) is 117 cm³/mol. The molecule has 4 nitrogen and oxygen atoms in total. The minimum absolute atomic E-state index is 0.100. The van der Waals surface area contributed by atoms with Gasteiger partial charge in [-0.2, -0.15) is 0 Å². The molecule has 0 saturated carbocycles. The normalized spacial score (nSPS) is 12.8. The van der Waals surface area contributed by atoms with E-state index in [-0.39, 0.29) is 50.2 Å². The van der Waals surface area contributed by atoms with Crippen LogP contribution in [0.1, 0.15) is 25.0 Å². The van der Waals surface area contributed by atoms with E-state index < -0.39 is 0 Å². The van der Waals surface area contributed by atoms with Gasteiger partial charge < -0.3 is 0 Å². The molecule has 0 aliphatic rings. The van der Waals surface area contributed by atoms with Gasteiger partial charge in [0, 0.05) is 0 Å². The van der Waals surface area contributed by atoms with Crippen molar-refractivity contribution in [2.45, 2.75) is 49.4 Å². The van der Waals surface area contributed by atoms with E-state index in [9.17, 15) is 9.59 Å². The second kappa shape index (κ2) is 12.8. The van der Waals surface area contributed by atoms with Crippen LogP contribution in [0.4, 0.5) is 0 Å². The quantitative estimate of drug-likeness (QED) is 0.361. The number of nitrogens with one attached hydrogen (secondary N) is 2. The van der Waals surface area contributed by atoms with Crippen LogP contribution in [0.15, 0.2) is 60.7 Å². The topological polar surface area (TPSA) is 58.2 Å². The van der Waals surface area contributed by atoms with Crippen LogP contribution in [-0.4, -0.2) is 50.2 Å². The maximum atomic E-state index is 12.1. The van der Waals surface area contributed by atoms with E-state index in [2.05, 4.69) is 34.9 Å². The molecule has 2 amide bonds. The zero-order chi connectivity index (χ0) is 20.2. The van der Waals surface area contributed by atoms with Gasteiger partial charge in [0.1, 0.15) is 0 Å². The van der Waals surface area contributed by atoms with Gasteiger partial charge >= 0.3 is 180 Å². The van der Waals surface area contributed by atoms with Crippen molar-refractivity contribution in [1.29, 1.82) is 0 Å². The summed E-state index contributed by atoms with van der Waals surface area (Å²) in [7, 11) is 0. The van der Waals surface area contributed by atoms with Crippen molar-refractivity contribution in [2.75, 3.05) is 0 Å². The van der Waals surface area contributed by atoms with Crippen molar-refractivity contribution in [2.24, 2.45) is 0 Å². The summed E-state index contributed by atoms with van der Waals surface area (Å²) < 4.78 is 0. The molecule has 28 heavy (non-hydrogen) atoms. The summed E-state index contributed by atoms with van der Waals surface area (Å²) in [6, 6.07) is 20.6. The fraction of sp³-hybridized carbons (Fsp3) is 0.364. The van der Waals surface area contributed by atoms with Crippen LogP contribution < -0.4 is 10.6 Å². The number of benzene rings is 2. The molecule has 2 unspecified atom stereocenters. The Balaban J connectivity index is 1.56. The number of carbonyl (C=O) groups is 2. The van der Waals surface area contributed by atoms with Crippen LogP contribution in [0.2, 0.25) is 10.6 Å². The molecule has 2 aromatic carbocycles. The van der Waals surface area contributed by atoms with Crippen LogP contribution in [-0.2, 0) is 22.4 Å². The Morgan fingerprint density at radius 2 is 1.07 bits per heavy atom. The van der Waals surface area contributed by atoms with E-state index in [0.717, 1.165) is 12.8 Å². The van der Waals surface area contributed by atoms with Crippen LogP contribution in [0.25, 0.3) is 0 Å². The third kappa shape index (κ3) is 9.56. The zero-order valence-electron chi connectivity index (χ0n) is 16.4. The SMILES string of the molecule is CC(Cc1ccccc1)NC(=O)C[Se][Se]CC(=O)NC(C)Cc1ccccc1. The maximum absolute atomic E-state index is 12.1. The second-order valence-electron chi connectivity index (χ2n) is 6.84. The first-order valence-electron chi connectivity index (χ1n) is 9.44. The number of carbonyl (C=O) groups excluding carboxylic acids is 2. The Morgan fingerprint density at radius 1 is 0.714 bits per heavy atom. The number of hydrogen-bond acceptors (Lipinski definition) is 2. The Hall–Kier alpha value is -1.58. The summed E-state index contributed by atoms with van der Waals surface area (Å²) in [4.78, 5) is 24.2. The van der Waals surface area contributed by atoms with Gasteiger partial charge in [0.15, 0.2) is 0 Å². The fourth-order valence-electron chi connectivity index (χ4n) is 2.86. The Kier molecular flexibility index (Phi) is 10.4. The molecular weight excluding hydrogens is 482 g/mol. The van der Waals surface area contributed by atoms with E-state index in [0.29, 0.717) is 10.6 Å². The molecule has 2 rings (SSSR count). The van der Waals surface area contributed by atoms with Gasteiger partial charge in [-0.1, -0.05) is 0 Å². The molecule has 6 heteroatoms. The molecule has 2 aromatic rings. The van der Waals surface area contributed by atoms with E-state index in [1.807, 2.05) is 50.2 Å². The van der Waals surface area contributed by atoms with Crippen LogP contribution in [0.5, 0.6) is 0 Å².